The van der Waals surface area contributed by atoms with Crippen molar-refractivity contribution in [3.05, 3.63) is 0 Å². The lowest BCUT2D eigenvalue weighted by atomic mass is 10.0. The van der Waals surface area contributed by atoms with Gasteiger partial charge in [-0.3, -0.25) is 19.2 Å². The molecule has 8 N–H and O–H groups in total. The molecule has 5 atom stereocenters. The second-order valence-electron chi connectivity index (χ2n) is 7.20. The molecule has 0 aromatic heterocycles. The van der Waals surface area contributed by atoms with Gasteiger partial charge in [0.2, 0.25) is 17.7 Å². The zero-order valence-corrected chi connectivity index (χ0v) is 16.8. The molecule has 0 spiro atoms. The van der Waals surface area contributed by atoms with E-state index in [9.17, 15) is 34.2 Å². The number of hydrogen-bond donors (Lipinski definition) is 7. The normalized spacial score (nSPS) is 16.1. The van der Waals surface area contributed by atoms with E-state index in [1.165, 1.54) is 13.8 Å². The van der Waals surface area contributed by atoms with Crippen molar-refractivity contribution in [1.82, 2.24) is 16.0 Å². The molecule has 0 heterocycles. The molecular weight excluding hydrogens is 388 g/mol. The molecule has 166 valence electrons. The maximum Gasteiger partial charge on any atom is 0.326 e. The second-order valence-corrected chi connectivity index (χ2v) is 7.20. The van der Waals surface area contributed by atoms with Gasteiger partial charge in [-0.2, -0.15) is 0 Å². The van der Waals surface area contributed by atoms with E-state index >= 15 is 0 Å². The van der Waals surface area contributed by atoms with E-state index in [0.717, 1.165) is 0 Å². The zero-order chi connectivity index (χ0) is 22.9. The van der Waals surface area contributed by atoms with Crippen molar-refractivity contribution < 1.29 is 39.3 Å². The number of nitrogens with two attached hydrogens (primary N) is 1. The number of aliphatic hydroxyl groups excluding tert-OH is 1. The van der Waals surface area contributed by atoms with Crippen LogP contribution >= 0.6 is 0 Å². The molecule has 3 amide bonds. The third kappa shape index (κ3) is 9.85. The lowest BCUT2D eigenvalue weighted by Gasteiger charge is -2.25. The number of amides is 3. The molecule has 0 radical (unpaired) electrons. The number of aliphatic hydroxyl groups is 1. The summed E-state index contributed by atoms with van der Waals surface area (Å²) in [6.45, 7) is 6.05. The monoisotopic (exact) mass is 418 g/mol. The number of carboxylic acid groups (broad SMARTS) is 2. The summed E-state index contributed by atoms with van der Waals surface area (Å²) in [5, 5.41) is 34.5. The van der Waals surface area contributed by atoms with Crippen LogP contribution in [0.1, 0.15) is 40.5 Å². The molecule has 0 aliphatic rings. The van der Waals surface area contributed by atoms with Crippen molar-refractivity contribution in [3.8, 4) is 0 Å². The van der Waals surface area contributed by atoms with E-state index in [2.05, 4.69) is 16.0 Å². The number of rotatable bonds is 12. The summed E-state index contributed by atoms with van der Waals surface area (Å²) in [4.78, 5) is 58.9. The van der Waals surface area contributed by atoms with Gasteiger partial charge in [-0.05, 0) is 26.2 Å². The highest BCUT2D eigenvalue weighted by atomic mass is 16.4. The highest BCUT2D eigenvalue weighted by molar-refractivity contribution is 5.95. The summed E-state index contributed by atoms with van der Waals surface area (Å²) in [6.07, 6.45) is -2.12. The van der Waals surface area contributed by atoms with Gasteiger partial charge in [-0.25, -0.2) is 4.79 Å². The fourth-order valence-corrected chi connectivity index (χ4v) is 2.30. The average Bonchev–Trinajstić information content (AvgIpc) is 2.56. The molecule has 5 unspecified atom stereocenters. The molecule has 0 aliphatic heterocycles. The summed E-state index contributed by atoms with van der Waals surface area (Å²) in [6, 6.07) is -5.37. The van der Waals surface area contributed by atoms with Gasteiger partial charge < -0.3 is 37.0 Å². The Balaban J connectivity index is 5.40. The van der Waals surface area contributed by atoms with Gasteiger partial charge in [-0.15, -0.1) is 0 Å². The van der Waals surface area contributed by atoms with Gasteiger partial charge in [0.1, 0.15) is 18.1 Å². The SMILES string of the molecule is CC(C)CC(NC(=O)C(CC(=O)O)NC(=O)C(NC(=O)C(C)N)C(C)O)C(=O)O. The van der Waals surface area contributed by atoms with Crippen LogP contribution in [0.15, 0.2) is 0 Å². The van der Waals surface area contributed by atoms with Crippen molar-refractivity contribution in [2.45, 2.75) is 70.8 Å². The van der Waals surface area contributed by atoms with Gasteiger partial charge in [0, 0.05) is 0 Å². The first-order valence-corrected chi connectivity index (χ1v) is 9.05. The third-order valence-electron chi connectivity index (χ3n) is 3.81. The largest absolute Gasteiger partial charge is 0.481 e. The van der Waals surface area contributed by atoms with Crippen LogP contribution in [0.3, 0.4) is 0 Å². The van der Waals surface area contributed by atoms with Crippen LogP contribution < -0.4 is 21.7 Å². The van der Waals surface area contributed by atoms with Gasteiger partial charge in [0.15, 0.2) is 0 Å². The zero-order valence-electron chi connectivity index (χ0n) is 16.8. The minimum Gasteiger partial charge on any atom is -0.481 e. The van der Waals surface area contributed by atoms with Crippen molar-refractivity contribution in [1.29, 1.82) is 0 Å². The molecule has 0 rings (SSSR count). The second kappa shape index (κ2) is 12.0. The van der Waals surface area contributed by atoms with Crippen LogP contribution in [0.4, 0.5) is 0 Å². The number of carbonyl (C=O) groups excluding carboxylic acids is 3. The highest BCUT2D eigenvalue weighted by Crippen LogP contribution is 2.06. The van der Waals surface area contributed by atoms with Crippen LogP contribution in [0.5, 0.6) is 0 Å². The van der Waals surface area contributed by atoms with E-state index < -0.39 is 66.4 Å². The number of nitrogens with one attached hydrogen (secondary N) is 3. The van der Waals surface area contributed by atoms with Crippen molar-refractivity contribution >= 4 is 29.7 Å². The lowest BCUT2D eigenvalue weighted by molar-refractivity contribution is -0.144. The molecule has 0 bridgehead atoms. The Morgan fingerprint density at radius 2 is 1.34 bits per heavy atom. The van der Waals surface area contributed by atoms with Crippen LogP contribution in [-0.4, -0.2) is 75.3 Å². The molecule has 0 saturated carbocycles. The number of aliphatic carboxylic acids is 2. The Hall–Kier alpha value is -2.73. The highest BCUT2D eigenvalue weighted by Gasteiger charge is 2.33. The van der Waals surface area contributed by atoms with Crippen LogP contribution in [-0.2, 0) is 24.0 Å². The number of hydrogen-bond acceptors (Lipinski definition) is 7. The standard InChI is InChI=1S/C17H30N4O8/c1-7(2)5-11(17(28)29)20-15(26)10(6-12(23)24)19-16(27)13(9(4)22)21-14(25)8(3)18/h7-11,13,22H,5-6,18H2,1-4H3,(H,19,27)(H,20,26)(H,21,25)(H,23,24)(H,28,29). The smallest absolute Gasteiger partial charge is 0.326 e. The van der Waals surface area contributed by atoms with Crippen LogP contribution in [0.25, 0.3) is 0 Å². The lowest BCUT2D eigenvalue weighted by Crippen LogP contribution is -2.59. The fourth-order valence-electron chi connectivity index (χ4n) is 2.30. The predicted octanol–water partition coefficient (Wildman–Crippen LogP) is -2.23. The molecular formula is C17H30N4O8. The average molecular weight is 418 g/mol. The Labute approximate surface area is 168 Å². The van der Waals surface area contributed by atoms with Gasteiger partial charge in [0.25, 0.3) is 0 Å². The van der Waals surface area contributed by atoms with Gasteiger partial charge >= 0.3 is 11.9 Å². The van der Waals surface area contributed by atoms with Crippen LogP contribution in [0.2, 0.25) is 0 Å². The predicted molar refractivity (Wildman–Crippen MR) is 100 cm³/mol. The molecule has 0 fully saturated rings. The van der Waals surface area contributed by atoms with Gasteiger partial charge in [-0.1, -0.05) is 13.8 Å². The molecule has 0 aromatic rings. The topological polar surface area (TPSA) is 208 Å². The van der Waals surface area contributed by atoms with E-state index in [4.69, 9.17) is 10.8 Å². The summed E-state index contributed by atoms with van der Waals surface area (Å²) in [5.74, 6) is -5.58. The summed E-state index contributed by atoms with van der Waals surface area (Å²) >= 11 is 0. The van der Waals surface area contributed by atoms with Gasteiger partial charge in [0.05, 0.1) is 18.6 Å². The molecule has 12 heteroatoms. The first-order chi connectivity index (χ1) is 13.3. The first-order valence-electron chi connectivity index (χ1n) is 9.05. The summed E-state index contributed by atoms with van der Waals surface area (Å²) < 4.78 is 0. The summed E-state index contributed by atoms with van der Waals surface area (Å²) in [7, 11) is 0. The van der Waals surface area contributed by atoms with E-state index in [1.54, 1.807) is 13.8 Å². The molecule has 0 aromatic carbocycles. The minimum atomic E-state index is -1.62. The molecule has 0 saturated heterocycles. The Kier molecular flexibility index (Phi) is 10.8. The van der Waals surface area contributed by atoms with Crippen molar-refractivity contribution in [2.24, 2.45) is 11.7 Å². The third-order valence-corrected chi connectivity index (χ3v) is 3.81. The minimum absolute atomic E-state index is 0.0722. The van der Waals surface area contributed by atoms with Crippen molar-refractivity contribution in [2.75, 3.05) is 0 Å². The molecule has 12 nitrogen and oxygen atoms in total. The number of carboxylic acids is 2. The van der Waals surface area contributed by atoms with E-state index in [0.29, 0.717) is 0 Å². The van der Waals surface area contributed by atoms with E-state index in [-0.39, 0.29) is 12.3 Å². The Bertz CT molecular complexity index is 621. The Morgan fingerprint density at radius 1 is 0.828 bits per heavy atom. The fraction of sp³-hybridized carbons (Fsp3) is 0.706. The van der Waals surface area contributed by atoms with Crippen LogP contribution in [0, 0.1) is 5.92 Å². The number of carbonyl (C=O) groups is 5. The van der Waals surface area contributed by atoms with E-state index in [1.807, 2.05) is 0 Å². The Morgan fingerprint density at radius 3 is 1.72 bits per heavy atom. The summed E-state index contributed by atoms with van der Waals surface area (Å²) in [5.41, 5.74) is 5.40. The maximum atomic E-state index is 12.4. The first kappa shape index (κ1) is 26.3. The molecule has 29 heavy (non-hydrogen) atoms. The van der Waals surface area contributed by atoms with Crippen molar-refractivity contribution in [3.63, 3.8) is 0 Å². The quantitative estimate of drug-likeness (QED) is 0.183. The maximum absolute atomic E-state index is 12.4. The molecule has 0 aliphatic carbocycles.